The molecule has 8 heteroatoms. The Hall–Kier alpha value is -2.55. The maximum Gasteiger partial charge on any atom is 0.270 e. The summed E-state index contributed by atoms with van der Waals surface area (Å²) in [7, 11) is 0. The van der Waals surface area contributed by atoms with Gasteiger partial charge in [0, 0.05) is 42.3 Å². The number of aromatic nitrogens is 3. The molecule has 1 amide bonds. The van der Waals surface area contributed by atoms with Crippen molar-refractivity contribution < 1.29 is 9.53 Å². The monoisotopic (exact) mass is 439 g/mol. The molecule has 0 spiro atoms. The Morgan fingerprint density at radius 1 is 1.23 bits per heavy atom. The molecule has 164 valence electrons. The van der Waals surface area contributed by atoms with Gasteiger partial charge in [-0.05, 0) is 39.8 Å². The number of hydrogen-bond donors (Lipinski definition) is 1. The normalized spacial score (nSPS) is 20.0. The van der Waals surface area contributed by atoms with Crippen molar-refractivity contribution in [2.45, 2.75) is 45.4 Å². The van der Waals surface area contributed by atoms with Crippen LogP contribution in [0.2, 0.25) is 0 Å². The van der Waals surface area contributed by atoms with Crippen molar-refractivity contribution in [1.29, 1.82) is 0 Å². The lowest BCUT2D eigenvalue weighted by Crippen LogP contribution is -2.58. The fourth-order valence-electron chi connectivity index (χ4n) is 3.84. The molecule has 31 heavy (non-hydrogen) atoms. The van der Waals surface area contributed by atoms with Crippen LogP contribution in [-0.4, -0.2) is 63.0 Å². The first-order valence-corrected chi connectivity index (χ1v) is 11.4. The summed E-state index contributed by atoms with van der Waals surface area (Å²) in [6.45, 7) is 10.8. The Balaban J connectivity index is 1.39. The lowest BCUT2D eigenvalue weighted by molar-refractivity contribution is -0.0948. The molecule has 1 aliphatic rings. The van der Waals surface area contributed by atoms with Gasteiger partial charge in [-0.2, -0.15) is 5.10 Å². The molecule has 4 rings (SSSR count). The lowest BCUT2D eigenvalue weighted by atomic mass is 10.00. The first kappa shape index (κ1) is 21.7. The fraction of sp³-hybridized carbons (Fsp3) is 0.435. The average molecular weight is 440 g/mol. The number of benzene rings is 1. The summed E-state index contributed by atoms with van der Waals surface area (Å²) in [4.78, 5) is 19.7. The molecule has 3 heterocycles. The first-order valence-electron chi connectivity index (χ1n) is 10.6. The third-order valence-electron chi connectivity index (χ3n) is 5.54. The molecule has 1 fully saturated rings. The molecule has 0 bridgehead atoms. The van der Waals surface area contributed by atoms with Crippen LogP contribution in [0.25, 0.3) is 16.3 Å². The number of carbonyl (C=O) groups excluding carboxylic acids is 1. The summed E-state index contributed by atoms with van der Waals surface area (Å²) >= 11 is 1.45. The second-order valence-electron chi connectivity index (χ2n) is 8.70. The standard InChI is InChI=1S/C23H29N5O2S/c1-16-11-27(12-17(2)30-16)23(3,4)15-24-21(29)20-14-31-22(26-20)18-10-25-28(13-18)19-8-6-5-7-9-19/h5-10,13-14,16-17H,11-12,15H2,1-4H3,(H,24,29)/t16-,17-/m1/s1. The molecule has 1 aliphatic heterocycles. The van der Waals surface area contributed by atoms with E-state index in [0.717, 1.165) is 29.3 Å². The highest BCUT2D eigenvalue weighted by molar-refractivity contribution is 7.13. The molecule has 2 aromatic heterocycles. The van der Waals surface area contributed by atoms with Crippen molar-refractivity contribution in [1.82, 2.24) is 25.0 Å². The average Bonchev–Trinajstić information content (AvgIpc) is 3.42. The van der Waals surface area contributed by atoms with E-state index >= 15 is 0 Å². The van der Waals surface area contributed by atoms with E-state index in [1.165, 1.54) is 11.3 Å². The molecule has 1 N–H and O–H groups in total. The molecule has 0 saturated carbocycles. The smallest absolute Gasteiger partial charge is 0.270 e. The first-order chi connectivity index (χ1) is 14.8. The molecule has 1 aromatic carbocycles. The molecular weight excluding hydrogens is 410 g/mol. The minimum absolute atomic E-state index is 0.152. The summed E-state index contributed by atoms with van der Waals surface area (Å²) in [6, 6.07) is 9.91. The van der Waals surface area contributed by atoms with Crippen molar-refractivity contribution in [2.75, 3.05) is 19.6 Å². The van der Waals surface area contributed by atoms with Gasteiger partial charge in [0.2, 0.25) is 0 Å². The topological polar surface area (TPSA) is 72.3 Å². The quantitative estimate of drug-likeness (QED) is 0.635. The van der Waals surface area contributed by atoms with Gasteiger partial charge in [0.15, 0.2) is 0 Å². The van der Waals surface area contributed by atoms with Crippen LogP contribution in [0.15, 0.2) is 48.1 Å². The highest BCUT2D eigenvalue weighted by atomic mass is 32.1. The zero-order valence-corrected chi connectivity index (χ0v) is 19.2. The van der Waals surface area contributed by atoms with E-state index in [2.05, 4.69) is 48.0 Å². The second-order valence-corrected chi connectivity index (χ2v) is 9.56. The third-order valence-corrected chi connectivity index (χ3v) is 6.44. The number of morpholine rings is 1. The Morgan fingerprint density at radius 2 is 1.94 bits per heavy atom. The van der Waals surface area contributed by atoms with Crippen LogP contribution in [0.3, 0.4) is 0 Å². The lowest BCUT2D eigenvalue weighted by Gasteiger charge is -2.45. The molecule has 1 saturated heterocycles. The van der Waals surface area contributed by atoms with E-state index in [4.69, 9.17) is 4.74 Å². The number of nitrogens with zero attached hydrogens (tertiary/aromatic N) is 4. The number of ether oxygens (including phenoxy) is 1. The third kappa shape index (κ3) is 5.03. The van der Waals surface area contributed by atoms with Gasteiger partial charge in [0.05, 0.1) is 24.1 Å². The van der Waals surface area contributed by atoms with E-state index in [1.54, 1.807) is 11.6 Å². The van der Waals surface area contributed by atoms with Crippen molar-refractivity contribution >= 4 is 17.2 Å². The highest BCUT2D eigenvalue weighted by Gasteiger charge is 2.33. The second kappa shape index (κ2) is 8.90. The summed E-state index contributed by atoms with van der Waals surface area (Å²) in [5, 5.41) is 10.1. The van der Waals surface area contributed by atoms with Crippen molar-refractivity contribution in [3.05, 3.63) is 53.8 Å². The summed E-state index contributed by atoms with van der Waals surface area (Å²) in [5.74, 6) is -0.152. The van der Waals surface area contributed by atoms with Gasteiger partial charge < -0.3 is 10.1 Å². The van der Waals surface area contributed by atoms with Crippen LogP contribution in [0.4, 0.5) is 0 Å². The van der Waals surface area contributed by atoms with E-state index in [-0.39, 0.29) is 23.7 Å². The van der Waals surface area contributed by atoms with Gasteiger partial charge in [-0.25, -0.2) is 9.67 Å². The van der Waals surface area contributed by atoms with E-state index < -0.39 is 0 Å². The van der Waals surface area contributed by atoms with Crippen LogP contribution in [-0.2, 0) is 4.74 Å². The minimum atomic E-state index is -0.169. The van der Waals surface area contributed by atoms with E-state index in [9.17, 15) is 4.79 Å². The van der Waals surface area contributed by atoms with Crippen LogP contribution < -0.4 is 5.32 Å². The van der Waals surface area contributed by atoms with Gasteiger partial charge in [-0.1, -0.05) is 18.2 Å². The Bertz CT molecular complexity index is 1020. The fourth-order valence-corrected chi connectivity index (χ4v) is 4.61. The Morgan fingerprint density at radius 3 is 2.65 bits per heavy atom. The Labute approximate surface area is 187 Å². The molecule has 0 unspecified atom stereocenters. The summed E-state index contributed by atoms with van der Waals surface area (Å²) in [5.41, 5.74) is 2.14. The van der Waals surface area contributed by atoms with Gasteiger partial charge in [-0.3, -0.25) is 9.69 Å². The summed E-state index contributed by atoms with van der Waals surface area (Å²) < 4.78 is 7.65. The van der Waals surface area contributed by atoms with Crippen molar-refractivity contribution in [3.63, 3.8) is 0 Å². The predicted molar refractivity (Wildman–Crippen MR) is 123 cm³/mol. The number of para-hydroxylation sites is 1. The number of carbonyl (C=O) groups is 1. The van der Waals surface area contributed by atoms with Gasteiger partial charge in [-0.15, -0.1) is 11.3 Å². The largest absolute Gasteiger partial charge is 0.373 e. The highest BCUT2D eigenvalue weighted by Crippen LogP contribution is 2.25. The zero-order valence-electron chi connectivity index (χ0n) is 18.4. The molecule has 0 aliphatic carbocycles. The van der Waals surface area contributed by atoms with Crippen LogP contribution in [0.5, 0.6) is 0 Å². The zero-order chi connectivity index (χ0) is 22.0. The SMILES string of the molecule is C[C@@H]1CN(C(C)(C)CNC(=O)c2csc(-c3cnn(-c4ccccc4)c3)n2)C[C@@H](C)O1. The Kier molecular flexibility index (Phi) is 6.22. The number of rotatable bonds is 6. The maximum absolute atomic E-state index is 12.7. The van der Waals surface area contributed by atoms with Crippen LogP contribution in [0, 0.1) is 0 Å². The molecule has 3 aromatic rings. The van der Waals surface area contributed by atoms with Crippen LogP contribution >= 0.6 is 11.3 Å². The number of amides is 1. The predicted octanol–water partition coefficient (Wildman–Crippen LogP) is 3.61. The molecular formula is C23H29N5O2S. The van der Waals surface area contributed by atoms with Crippen molar-refractivity contribution in [3.8, 4) is 16.3 Å². The molecule has 7 nitrogen and oxygen atoms in total. The summed E-state index contributed by atoms with van der Waals surface area (Å²) in [6.07, 6.45) is 4.09. The maximum atomic E-state index is 12.7. The van der Waals surface area contributed by atoms with Crippen LogP contribution in [0.1, 0.15) is 38.2 Å². The minimum Gasteiger partial charge on any atom is -0.373 e. The molecule has 2 atom stereocenters. The number of hydrogen-bond acceptors (Lipinski definition) is 6. The van der Waals surface area contributed by atoms with Gasteiger partial charge in [0.25, 0.3) is 5.91 Å². The molecule has 0 radical (unpaired) electrons. The van der Waals surface area contributed by atoms with Gasteiger partial charge in [0.1, 0.15) is 10.7 Å². The van der Waals surface area contributed by atoms with E-state index in [0.29, 0.717) is 12.2 Å². The van der Waals surface area contributed by atoms with E-state index in [1.807, 2.05) is 41.2 Å². The van der Waals surface area contributed by atoms with Crippen molar-refractivity contribution in [2.24, 2.45) is 0 Å². The number of nitrogens with one attached hydrogen (secondary N) is 1. The number of thiazole rings is 1. The van der Waals surface area contributed by atoms with Gasteiger partial charge >= 0.3 is 0 Å².